The molecular weight excluding hydrogens is 276 g/mol. The molecule has 2 aromatic heterocycles. The maximum Gasteiger partial charge on any atom is 0.169 e. The Morgan fingerprint density at radius 2 is 2.14 bits per heavy atom. The third-order valence-corrected chi connectivity index (χ3v) is 3.74. The van der Waals surface area contributed by atoms with Crippen LogP contribution in [0.25, 0.3) is 11.2 Å². The minimum absolute atomic E-state index is 0.188. The summed E-state index contributed by atoms with van der Waals surface area (Å²) in [5, 5.41) is 19.5. The lowest BCUT2D eigenvalue weighted by atomic mass is 10.1. The number of fused-ring (bicyclic) bond motifs is 1. The average Bonchev–Trinajstić information content (AvgIpc) is 3.01. The Labute approximate surface area is 121 Å². The minimum Gasteiger partial charge on any atom is -0.393 e. The first-order valence-electron chi connectivity index (χ1n) is 6.67. The molecule has 0 amide bonds. The summed E-state index contributed by atoms with van der Waals surface area (Å²) in [6.07, 6.45) is 1.00. The first-order valence-corrected chi connectivity index (χ1v) is 6.67. The molecule has 4 atom stereocenters. The highest BCUT2D eigenvalue weighted by Crippen LogP contribution is 2.30. The molecule has 1 aliphatic heterocycles. The van der Waals surface area contributed by atoms with Gasteiger partial charge in [-0.15, -0.1) is 0 Å². The zero-order chi connectivity index (χ0) is 15.1. The molecule has 1 saturated heterocycles. The van der Waals surface area contributed by atoms with Gasteiger partial charge in [0.05, 0.1) is 12.9 Å². The maximum absolute atomic E-state index is 10.3. The van der Waals surface area contributed by atoms with Gasteiger partial charge < -0.3 is 25.6 Å². The molecular formula is C12H19N6O3+. The van der Waals surface area contributed by atoms with E-state index in [1.807, 2.05) is 19.0 Å². The van der Waals surface area contributed by atoms with Crippen molar-refractivity contribution in [1.82, 2.24) is 19.5 Å². The number of imidazole rings is 1. The summed E-state index contributed by atoms with van der Waals surface area (Å²) >= 11 is 0. The Bertz CT molecular complexity index is 645. The van der Waals surface area contributed by atoms with Gasteiger partial charge in [0, 0.05) is 14.1 Å². The van der Waals surface area contributed by atoms with E-state index in [4.69, 9.17) is 4.74 Å². The predicted molar refractivity (Wildman–Crippen MR) is 73.3 cm³/mol. The Morgan fingerprint density at radius 1 is 1.38 bits per heavy atom. The Balaban J connectivity index is 2.04. The summed E-state index contributed by atoms with van der Waals surface area (Å²) in [7, 11) is 3.74. The van der Waals surface area contributed by atoms with Gasteiger partial charge >= 0.3 is 0 Å². The normalized spacial score (nSPS) is 29.2. The van der Waals surface area contributed by atoms with Crippen molar-refractivity contribution in [1.29, 1.82) is 0 Å². The summed E-state index contributed by atoms with van der Waals surface area (Å²) < 4.78 is 7.33. The van der Waals surface area contributed by atoms with Crippen LogP contribution < -0.4 is 10.6 Å². The van der Waals surface area contributed by atoms with Gasteiger partial charge in [0.2, 0.25) is 0 Å². The van der Waals surface area contributed by atoms with E-state index in [1.54, 1.807) is 10.9 Å². The number of aliphatic hydroxyl groups excluding tert-OH is 2. The number of ether oxygens (including phenoxy) is 1. The van der Waals surface area contributed by atoms with Gasteiger partial charge in [-0.3, -0.25) is 4.57 Å². The lowest BCUT2D eigenvalue weighted by Crippen LogP contribution is -2.69. The van der Waals surface area contributed by atoms with E-state index in [0.29, 0.717) is 17.0 Å². The standard InChI is InChI=1S/C12H18N6O3/c1-17(2)10-8-11(15-4-14-10)18(5-16-8)12-9(20)7(13)6(3-19)21-12/h4-7,9,12,19-20H,3,13H2,1-2H3/p+1/t6-,7+,9+,12+/m0/s1. The van der Waals surface area contributed by atoms with Crippen LogP contribution in [0, 0.1) is 0 Å². The number of aliphatic hydroxyl groups is 2. The van der Waals surface area contributed by atoms with Gasteiger partial charge in [-0.25, -0.2) is 15.0 Å². The summed E-state index contributed by atoms with van der Waals surface area (Å²) in [6.45, 7) is -0.188. The first-order chi connectivity index (χ1) is 10.0. The average molecular weight is 295 g/mol. The molecule has 2 aromatic rings. The molecule has 0 unspecified atom stereocenters. The number of anilines is 1. The van der Waals surface area contributed by atoms with E-state index in [2.05, 4.69) is 20.7 Å². The first kappa shape index (κ1) is 14.1. The van der Waals surface area contributed by atoms with Crippen molar-refractivity contribution in [3.63, 3.8) is 0 Å². The van der Waals surface area contributed by atoms with E-state index < -0.39 is 24.5 Å². The molecule has 1 fully saturated rings. The molecule has 3 heterocycles. The number of rotatable bonds is 3. The molecule has 21 heavy (non-hydrogen) atoms. The molecule has 9 nitrogen and oxygen atoms in total. The molecule has 0 radical (unpaired) electrons. The lowest BCUT2D eigenvalue weighted by molar-refractivity contribution is -0.441. The topological polar surface area (TPSA) is 124 Å². The van der Waals surface area contributed by atoms with E-state index in [0.717, 1.165) is 0 Å². The van der Waals surface area contributed by atoms with E-state index in [1.165, 1.54) is 6.33 Å². The zero-order valence-electron chi connectivity index (χ0n) is 11.9. The van der Waals surface area contributed by atoms with Gasteiger partial charge in [-0.2, -0.15) is 0 Å². The molecule has 0 spiro atoms. The quantitative estimate of drug-likeness (QED) is 0.584. The lowest BCUT2D eigenvalue weighted by Gasteiger charge is -2.16. The predicted octanol–water partition coefficient (Wildman–Crippen LogP) is -2.25. The van der Waals surface area contributed by atoms with Gasteiger partial charge in [-0.05, 0) is 0 Å². The number of hydrogen-bond acceptors (Lipinski definition) is 7. The van der Waals surface area contributed by atoms with Crippen LogP contribution in [0.4, 0.5) is 5.82 Å². The second kappa shape index (κ2) is 5.19. The largest absolute Gasteiger partial charge is 0.393 e. The number of aromatic nitrogens is 4. The third kappa shape index (κ3) is 2.14. The van der Waals surface area contributed by atoms with E-state index in [-0.39, 0.29) is 6.61 Å². The highest BCUT2D eigenvalue weighted by Gasteiger charge is 2.45. The SMILES string of the molecule is CN(C)c1ncnc2c1ncn2[C@@H]1O[C@@H](CO)[C@@H]([NH3+])[C@H]1O. The van der Waals surface area contributed by atoms with Crippen LogP contribution in [0.3, 0.4) is 0 Å². The molecule has 1 aliphatic rings. The number of nitrogens with zero attached hydrogens (tertiary/aromatic N) is 5. The van der Waals surface area contributed by atoms with Crippen molar-refractivity contribution in [2.45, 2.75) is 24.5 Å². The zero-order valence-corrected chi connectivity index (χ0v) is 11.9. The molecule has 0 saturated carbocycles. The van der Waals surface area contributed by atoms with Crippen LogP contribution in [0.2, 0.25) is 0 Å². The molecule has 114 valence electrons. The fourth-order valence-corrected chi connectivity index (χ4v) is 2.55. The van der Waals surface area contributed by atoms with Crippen molar-refractivity contribution in [2.75, 3.05) is 25.6 Å². The van der Waals surface area contributed by atoms with Crippen molar-refractivity contribution in [2.24, 2.45) is 0 Å². The van der Waals surface area contributed by atoms with Crippen molar-refractivity contribution < 1.29 is 20.7 Å². The van der Waals surface area contributed by atoms with Crippen LogP contribution >= 0.6 is 0 Å². The molecule has 0 aliphatic carbocycles. The van der Waals surface area contributed by atoms with Crippen LogP contribution in [0.5, 0.6) is 0 Å². The van der Waals surface area contributed by atoms with E-state index >= 15 is 0 Å². The fraction of sp³-hybridized carbons (Fsp3) is 0.583. The third-order valence-electron chi connectivity index (χ3n) is 3.74. The molecule has 3 rings (SSSR count). The van der Waals surface area contributed by atoms with Crippen molar-refractivity contribution in [3.05, 3.63) is 12.7 Å². The van der Waals surface area contributed by atoms with Crippen LogP contribution in [-0.4, -0.2) is 68.7 Å². The summed E-state index contributed by atoms with van der Waals surface area (Å²) in [5.74, 6) is 0.691. The highest BCUT2D eigenvalue weighted by atomic mass is 16.5. The van der Waals surface area contributed by atoms with Crippen LogP contribution in [0.1, 0.15) is 6.23 Å². The fourth-order valence-electron chi connectivity index (χ4n) is 2.55. The maximum atomic E-state index is 10.3. The Hall–Kier alpha value is -1.81. The highest BCUT2D eigenvalue weighted by molar-refractivity contribution is 5.83. The Kier molecular flexibility index (Phi) is 3.49. The second-order valence-corrected chi connectivity index (χ2v) is 5.32. The smallest absolute Gasteiger partial charge is 0.169 e. The molecule has 5 N–H and O–H groups in total. The molecule has 0 aromatic carbocycles. The Morgan fingerprint density at radius 3 is 2.76 bits per heavy atom. The van der Waals surface area contributed by atoms with Crippen LogP contribution in [0.15, 0.2) is 12.7 Å². The summed E-state index contributed by atoms with van der Waals surface area (Å²) in [5.41, 5.74) is 5.05. The summed E-state index contributed by atoms with van der Waals surface area (Å²) in [4.78, 5) is 14.6. The number of quaternary nitrogens is 1. The second-order valence-electron chi connectivity index (χ2n) is 5.32. The molecule has 0 bridgehead atoms. The van der Waals surface area contributed by atoms with Crippen molar-refractivity contribution in [3.8, 4) is 0 Å². The minimum atomic E-state index is -0.836. The number of hydrogen-bond donors (Lipinski definition) is 3. The monoisotopic (exact) mass is 295 g/mol. The van der Waals surface area contributed by atoms with Crippen LogP contribution in [-0.2, 0) is 4.74 Å². The van der Waals surface area contributed by atoms with Crippen molar-refractivity contribution >= 4 is 17.0 Å². The van der Waals surface area contributed by atoms with Gasteiger partial charge in [-0.1, -0.05) is 0 Å². The summed E-state index contributed by atoms with van der Waals surface area (Å²) in [6, 6.07) is -0.410. The molecule has 9 heteroatoms. The van der Waals surface area contributed by atoms with Gasteiger partial charge in [0.25, 0.3) is 0 Å². The van der Waals surface area contributed by atoms with Gasteiger partial charge in [0.1, 0.15) is 18.5 Å². The van der Waals surface area contributed by atoms with Gasteiger partial charge in [0.15, 0.2) is 29.3 Å². The van der Waals surface area contributed by atoms with E-state index in [9.17, 15) is 10.2 Å².